The van der Waals surface area contributed by atoms with Crippen LogP contribution < -0.4 is 0 Å². The summed E-state index contributed by atoms with van der Waals surface area (Å²) < 4.78 is 0. The number of rotatable bonds is 5. The van der Waals surface area contributed by atoms with Gasteiger partial charge < -0.3 is 10.2 Å². The molecule has 1 aromatic carbocycles. The molecule has 1 saturated carbocycles. The number of aliphatic hydroxyl groups excluding tert-OH is 1. The Hall–Kier alpha value is -1.10. The van der Waals surface area contributed by atoms with Crippen molar-refractivity contribution in [1.29, 1.82) is 0 Å². The van der Waals surface area contributed by atoms with Gasteiger partial charge in [0.05, 0.1) is 0 Å². The summed E-state index contributed by atoms with van der Waals surface area (Å²) in [6, 6.07) is 5.42. The number of phenolic OH excluding ortho intramolecular Hbond substituents is 1. The van der Waals surface area contributed by atoms with Gasteiger partial charge in [-0.15, -0.1) is 0 Å². The lowest BCUT2D eigenvalue weighted by atomic mass is 9.91. The van der Waals surface area contributed by atoms with Crippen molar-refractivity contribution in [2.75, 3.05) is 26.2 Å². The van der Waals surface area contributed by atoms with Crippen LogP contribution in [0.4, 0.5) is 0 Å². The number of nitrogens with zero attached hydrogens (tertiary/aromatic N) is 2. The van der Waals surface area contributed by atoms with Crippen molar-refractivity contribution < 1.29 is 10.2 Å². The molecular weight excluding hydrogens is 312 g/mol. The summed E-state index contributed by atoms with van der Waals surface area (Å²) in [6.07, 6.45) is 7.66. The predicted molar refractivity (Wildman–Crippen MR) is 102 cm³/mol. The first-order valence-electron chi connectivity index (χ1n) is 9.96. The molecule has 1 saturated heterocycles. The Bertz CT molecular complexity index is 546. The summed E-state index contributed by atoms with van der Waals surface area (Å²) in [5, 5.41) is 19.5. The van der Waals surface area contributed by atoms with Gasteiger partial charge in [-0.25, -0.2) is 0 Å². The maximum absolute atomic E-state index is 9.98. The van der Waals surface area contributed by atoms with Gasteiger partial charge in [0.2, 0.25) is 0 Å². The molecule has 4 heteroatoms. The van der Waals surface area contributed by atoms with Crippen LogP contribution in [-0.4, -0.2) is 58.3 Å². The molecule has 2 aliphatic rings. The average molecular weight is 347 g/mol. The summed E-state index contributed by atoms with van der Waals surface area (Å²) in [6.45, 7) is 8.41. The lowest BCUT2D eigenvalue weighted by molar-refractivity contribution is 0.0136. The van der Waals surface area contributed by atoms with Crippen molar-refractivity contribution in [3.63, 3.8) is 0 Å². The number of aliphatic hydroxyl groups is 1. The Morgan fingerprint density at radius 2 is 1.72 bits per heavy atom. The average Bonchev–Trinajstić information content (AvgIpc) is 2.61. The molecule has 1 atom stereocenters. The number of hydrogen-bond donors (Lipinski definition) is 2. The third-order valence-corrected chi connectivity index (χ3v) is 6.08. The quantitative estimate of drug-likeness (QED) is 0.859. The molecule has 25 heavy (non-hydrogen) atoms. The maximum atomic E-state index is 9.98. The van der Waals surface area contributed by atoms with Crippen LogP contribution in [0.5, 0.6) is 5.75 Å². The monoisotopic (exact) mass is 346 g/mol. The van der Waals surface area contributed by atoms with Crippen LogP contribution in [0.1, 0.15) is 55.2 Å². The van der Waals surface area contributed by atoms with Gasteiger partial charge in [0.15, 0.2) is 0 Å². The van der Waals surface area contributed by atoms with E-state index in [1.54, 1.807) is 0 Å². The van der Waals surface area contributed by atoms with Crippen LogP contribution in [0.25, 0.3) is 0 Å². The zero-order valence-corrected chi connectivity index (χ0v) is 15.9. The third kappa shape index (κ3) is 4.55. The van der Waals surface area contributed by atoms with E-state index in [0.29, 0.717) is 11.8 Å². The molecule has 2 fully saturated rings. The van der Waals surface area contributed by atoms with Gasteiger partial charge in [-0.1, -0.05) is 31.4 Å². The smallest absolute Gasteiger partial charge is 0.121 e. The standard InChI is InChI=1S/C21H34N2O2/c1-16-12-18(13-17(2)21(16)25)14-22-9-10-23(20(15-22)8-11-24)19-6-4-3-5-7-19/h12-13,19-20,24-25H,3-11,14-15H2,1-2H3/t20-/m0/s1. The Labute approximate surface area is 152 Å². The van der Waals surface area contributed by atoms with Gasteiger partial charge in [0.1, 0.15) is 5.75 Å². The Balaban J connectivity index is 1.65. The van der Waals surface area contributed by atoms with Crippen LogP contribution in [0.3, 0.4) is 0 Å². The minimum absolute atomic E-state index is 0.277. The first-order chi connectivity index (χ1) is 12.1. The second kappa shape index (κ2) is 8.52. The Kier molecular flexibility index (Phi) is 6.37. The molecule has 0 aromatic heterocycles. The van der Waals surface area contributed by atoms with Gasteiger partial charge in [-0.05, 0) is 49.8 Å². The fourth-order valence-electron chi connectivity index (χ4n) is 4.77. The molecule has 3 rings (SSSR count). The topological polar surface area (TPSA) is 46.9 Å². The molecule has 0 unspecified atom stereocenters. The lowest BCUT2D eigenvalue weighted by Gasteiger charge is -2.46. The van der Waals surface area contributed by atoms with Gasteiger partial charge in [0, 0.05) is 44.9 Å². The largest absolute Gasteiger partial charge is 0.507 e. The third-order valence-electron chi connectivity index (χ3n) is 6.08. The summed E-state index contributed by atoms with van der Waals surface area (Å²) in [7, 11) is 0. The van der Waals surface area contributed by atoms with E-state index >= 15 is 0 Å². The van der Waals surface area contributed by atoms with Gasteiger partial charge in [-0.3, -0.25) is 9.80 Å². The molecule has 1 aromatic rings. The highest BCUT2D eigenvalue weighted by Gasteiger charge is 2.32. The molecule has 0 spiro atoms. The minimum atomic E-state index is 0.277. The van der Waals surface area contributed by atoms with E-state index in [-0.39, 0.29) is 6.61 Å². The van der Waals surface area contributed by atoms with Crippen molar-refractivity contribution in [3.8, 4) is 5.75 Å². The van der Waals surface area contributed by atoms with Crippen molar-refractivity contribution in [2.45, 2.75) is 71.0 Å². The summed E-state index contributed by atoms with van der Waals surface area (Å²) >= 11 is 0. The maximum Gasteiger partial charge on any atom is 0.121 e. The highest BCUT2D eigenvalue weighted by molar-refractivity contribution is 5.42. The SMILES string of the molecule is Cc1cc(CN2CCN(C3CCCCC3)[C@@H](CCO)C2)cc(C)c1O. The zero-order valence-electron chi connectivity index (χ0n) is 15.9. The minimum Gasteiger partial charge on any atom is -0.507 e. The van der Waals surface area contributed by atoms with Crippen LogP contribution >= 0.6 is 0 Å². The molecular formula is C21H34N2O2. The normalized spacial score (nSPS) is 23.9. The number of aryl methyl sites for hydroxylation is 2. The van der Waals surface area contributed by atoms with E-state index in [1.807, 2.05) is 13.8 Å². The molecule has 2 N–H and O–H groups in total. The van der Waals surface area contributed by atoms with Gasteiger partial charge >= 0.3 is 0 Å². The molecule has 140 valence electrons. The number of piperazine rings is 1. The van der Waals surface area contributed by atoms with Crippen LogP contribution in [-0.2, 0) is 6.54 Å². The van der Waals surface area contributed by atoms with Crippen molar-refractivity contribution in [2.24, 2.45) is 0 Å². The second-order valence-corrected chi connectivity index (χ2v) is 8.01. The molecule has 1 aliphatic carbocycles. The number of benzene rings is 1. The van der Waals surface area contributed by atoms with Crippen LogP contribution in [0, 0.1) is 13.8 Å². The van der Waals surface area contributed by atoms with Crippen LogP contribution in [0.2, 0.25) is 0 Å². The fourth-order valence-corrected chi connectivity index (χ4v) is 4.77. The summed E-state index contributed by atoms with van der Waals surface area (Å²) in [5.74, 6) is 0.420. The molecule has 4 nitrogen and oxygen atoms in total. The van der Waals surface area contributed by atoms with E-state index in [4.69, 9.17) is 0 Å². The fraction of sp³-hybridized carbons (Fsp3) is 0.714. The summed E-state index contributed by atoms with van der Waals surface area (Å²) in [5.41, 5.74) is 3.20. The first-order valence-corrected chi connectivity index (χ1v) is 9.96. The first kappa shape index (κ1) is 18.7. The zero-order chi connectivity index (χ0) is 17.8. The molecule has 0 amide bonds. The van der Waals surface area contributed by atoms with Gasteiger partial charge in [-0.2, -0.15) is 0 Å². The highest BCUT2D eigenvalue weighted by Crippen LogP contribution is 2.28. The van der Waals surface area contributed by atoms with Crippen molar-refractivity contribution in [3.05, 3.63) is 28.8 Å². The van der Waals surface area contributed by atoms with E-state index in [0.717, 1.165) is 49.8 Å². The second-order valence-electron chi connectivity index (χ2n) is 8.01. The number of phenols is 1. The number of hydrogen-bond acceptors (Lipinski definition) is 4. The molecule has 0 radical (unpaired) electrons. The number of aromatic hydroxyl groups is 1. The molecule has 0 bridgehead atoms. The Morgan fingerprint density at radius 3 is 2.36 bits per heavy atom. The van der Waals surface area contributed by atoms with E-state index in [1.165, 1.54) is 37.7 Å². The summed E-state index contributed by atoms with van der Waals surface area (Å²) in [4.78, 5) is 5.21. The van der Waals surface area contributed by atoms with Gasteiger partial charge in [0.25, 0.3) is 0 Å². The van der Waals surface area contributed by atoms with Crippen LogP contribution in [0.15, 0.2) is 12.1 Å². The predicted octanol–water partition coefficient (Wildman–Crippen LogP) is 3.21. The van der Waals surface area contributed by atoms with E-state index in [9.17, 15) is 10.2 Å². The lowest BCUT2D eigenvalue weighted by Crippen LogP contribution is -2.56. The molecule has 1 aliphatic heterocycles. The Morgan fingerprint density at radius 1 is 1.04 bits per heavy atom. The van der Waals surface area contributed by atoms with Crippen molar-refractivity contribution in [1.82, 2.24) is 9.80 Å². The molecule has 1 heterocycles. The van der Waals surface area contributed by atoms with E-state index in [2.05, 4.69) is 21.9 Å². The van der Waals surface area contributed by atoms with Crippen molar-refractivity contribution >= 4 is 0 Å². The highest BCUT2D eigenvalue weighted by atomic mass is 16.3. The van der Waals surface area contributed by atoms with E-state index < -0.39 is 0 Å².